The summed E-state index contributed by atoms with van der Waals surface area (Å²) in [4.78, 5) is 14.2. The number of nitrogens with zero attached hydrogens (tertiary/aromatic N) is 2. The van der Waals surface area contributed by atoms with E-state index >= 15 is 0 Å². The number of carbonyl (C=O) groups is 1. The number of benzene rings is 2. The Balaban J connectivity index is 1.58. The van der Waals surface area contributed by atoms with Crippen molar-refractivity contribution in [2.75, 3.05) is 18.6 Å². The van der Waals surface area contributed by atoms with Crippen molar-refractivity contribution >= 4 is 33.7 Å². The molecule has 0 radical (unpaired) electrons. The van der Waals surface area contributed by atoms with Crippen LogP contribution in [0.25, 0.3) is 0 Å². The van der Waals surface area contributed by atoms with Crippen LogP contribution in [0.15, 0.2) is 52.0 Å². The molecule has 0 unspecified atom stereocenters. The lowest BCUT2D eigenvalue weighted by Crippen LogP contribution is -2.45. The van der Waals surface area contributed by atoms with E-state index in [-0.39, 0.29) is 18.1 Å². The molecule has 0 aliphatic carbocycles. The summed E-state index contributed by atoms with van der Waals surface area (Å²) in [5.41, 5.74) is 6.19. The highest BCUT2D eigenvalue weighted by atomic mass is 79.9. The van der Waals surface area contributed by atoms with Gasteiger partial charge in [-0.15, -0.1) is 0 Å². The van der Waals surface area contributed by atoms with Gasteiger partial charge < -0.3 is 9.64 Å². The van der Waals surface area contributed by atoms with Gasteiger partial charge in [0, 0.05) is 22.7 Å². The number of halogens is 1. The molecule has 0 fully saturated rings. The van der Waals surface area contributed by atoms with Crippen LogP contribution in [-0.4, -0.2) is 31.3 Å². The Hall–Kier alpha value is -2.34. The Morgan fingerprint density at radius 3 is 2.75 bits per heavy atom. The van der Waals surface area contributed by atoms with Crippen LogP contribution >= 0.6 is 15.9 Å². The zero-order valence-electron chi connectivity index (χ0n) is 16.7. The highest BCUT2D eigenvalue weighted by Gasteiger charge is 2.33. The van der Waals surface area contributed by atoms with Gasteiger partial charge in [-0.3, -0.25) is 4.79 Å². The number of hydrogen-bond donors (Lipinski definition) is 1. The average Bonchev–Trinajstić information content (AvgIpc) is 2.65. The third-order valence-corrected chi connectivity index (χ3v) is 5.77. The Labute approximate surface area is 174 Å². The van der Waals surface area contributed by atoms with Gasteiger partial charge in [-0.25, -0.2) is 5.43 Å². The van der Waals surface area contributed by atoms with Crippen molar-refractivity contribution in [3.05, 3.63) is 58.1 Å². The number of hydrogen-bond acceptors (Lipinski definition) is 4. The Kier molecular flexibility index (Phi) is 6.08. The van der Waals surface area contributed by atoms with Crippen molar-refractivity contribution in [3.63, 3.8) is 0 Å². The maximum absolute atomic E-state index is 11.9. The number of carbonyl (C=O) groups excluding carboxylic acids is 1. The fraction of sp³-hybridized carbons (Fsp3) is 0.364. The molecule has 2 aromatic rings. The number of ether oxygens (including phenoxy) is 1. The largest absolute Gasteiger partial charge is 0.484 e. The van der Waals surface area contributed by atoms with Crippen LogP contribution < -0.4 is 15.1 Å². The monoisotopic (exact) mass is 443 g/mol. The van der Waals surface area contributed by atoms with Crippen molar-refractivity contribution in [3.8, 4) is 5.75 Å². The SMILES string of the molecule is C[C@@H]1CC(C)(C)N(C)c2ccc(/C=N\NC(=O)COc3ccc(Br)cc3)cc21. The van der Waals surface area contributed by atoms with E-state index in [0.717, 1.165) is 16.5 Å². The van der Waals surface area contributed by atoms with Gasteiger partial charge in [-0.05, 0) is 73.7 Å². The van der Waals surface area contributed by atoms with E-state index in [0.29, 0.717) is 11.7 Å². The summed E-state index contributed by atoms with van der Waals surface area (Å²) in [5.74, 6) is 0.813. The van der Waals surface area contributed by atoms with E-state index in [2.05, 4.69) is 71.3 Å². The molecule has 6 heteroatoms. The van der Waals surface area contributed by atoms with E-state index < -0.39 is 0 Å². The molecule has 1 amide bonds. The van der Waals surface area contributed by atoms with E-state index in [4.69, 9.17) is 4.74 Å². The third kappa shape index (κ3) is 4.73. The van der Waals surface area contributed by atoms with Crippen molar-refractivity contribution in [1.29, 1.82) is 0 Å². The molecule has 0 spiro atoms. The van der Waals surface area contributed by atoms with Crippen LogP contribution in [0.1, 0.15) is 44.2 Å². The fourth-order valence-electron chi connectivity index (χ4n) is 3.57. The molecule has 2 aromatic carbocycles. The summed E-state index contributed by atoms with van der Waals surface area (Å²) in [6, 6.07) is 13.6. The second kappa shape index (κ2) is 8.35. The van der Waals surface area contributed by atoms with Crippen LogP contribution in [-0.2, 0) is 4.79 Å². The average molecular weight is 444 g/mol. The summed E-state index contributed by atoms with van der Waals surface area (Å²) in [6.07, 6.45) is 2.77. The highest BCUT2D eigenvalue weighted by Crippen LogP contribution is 2.42. The predicted octanol–water partition coefficient (Wildman–Crippen LogP) is 4.70. The zero-order valence-corrected chi connectivity index (χ0v) is 18.3. The molecule has 148 valence electrons. The molecule has 28 heavy (non-hydrogen) atoms. The van der Waals surface area contributed by atoms with Crippen LogP contribution in [0.2, 0.25) is 0 Å². The van der Waals surface area contributed by atoms with Gasteiger partial charge in [-0.1, -0.05) is 28.9 Å². The molecule has 0 bridgehead atoms. The normalized spacial score (nSPS) is 18.0. The van der Waals surface area contributed by atoms with E-state index in [9.17, 15) is 4.79 Å². The molecule has 3 rings (SSSR count). The van der Waals surface area contributed by atoms with Gasteiger partial charge in [0.15, 0.2) is 6.61 Å². The second-order valence-electron chi connectivity index (χ2n) is 7.83. The highest BCUT2D eigenvalue weighted by molar-refractivity contribution is 9.10. The predicted molar refractivity (Wildman–Crippen MR) is 117 cm³/mol. The standard InChI is InChI=1S/C22H26BrN3O2/c1-15-12-22(2,3)26(4)20-10-5-16(11-19(15)20)13-24-25-21(27)14-28-18-8-6-17(23)7-9-18/h5-11,13,15H,12,14H2,1-4H3,(H,25,27)/b24-13-/t15-/m1/s1. The number of rotatable bonds is 5. The second-order valence-corrected chi connectivity index (χ2v) is 8.75. The quantitative estimate of drug-likeness (QED) is 0.537. The number of nitrogens with one attached hydrogen (secondary N) is 1. The summed E-state index contributed by atoms with van der Waals surface area (Å²) in [7, 11) is 2.14. The van der Waals surface area contributed by atoms with Crippen molar-refractivity contribution in [2.24, 2.45) is 5.10 Å². The molecule has 1 N–H and O–H groups in total. The van der Waals surface area contributed by atoms with Crippen LogP contribution in [0.5, 0.6) is 5.75 Å². The molecule has 1 atom stereocenters. The first kappa shape index (κ1) is 20.4. The Morgan fingerprint density at radius 2 is 2.04 bits per heavy atom. The van der Waals surface area contributed by atoms with Crippen LogP contribution in [0.4, 0.5) is 5.69 Å². The van der Waals surface area contributed by atoms with Crippen molar-refractivity contribution in [1.82, 2.24) is 5.43 Å². The van der Waals surface area contributed by atoms with E-state index in [1.54, 1.807) is 18.3 Å². The summed E-state index contributed by atoms with van der Waals surface area (Å²) in [6.45, 7) is 6.72. The summed E-state index contributed by atoms with van der Waals surface area (Å²) < 4.78 is 6.39. The Morgan fingerprint density at radius 1 is 1.32 bits per heavy atom. The summed E-state index contributed by atoms with van der Waals surface area (Å²) in [5, 5.41) is 4.06. The first-order valence-corrected chi connectivity index (χ1v) is 10.1. The summed E-state index contributed by atoms with van der Waals surface area (Å²) >= 11 is 3.36. The van der Waals surface area contributed by atoms with Gasteiger partial charge in [0.05, 0.1) is 6.21 Å². The molecule has 0 saturated carbocycles. The van der Waals surface area contributed by atoms with Crippen molar-refractivity contribution < 1.29 is 9.53 Å². The van der Waals surface area contributed by atoms with E-state index in [1.807, 2.05) is 18.2 Å². The topological polar surface area (TPSA) is 53.9 Å². The molecular formula is C22H26BrN3O2. The van der Waals surface area contributed by atoms with Crippen LogP contribution in [0, 0.1) is 0 Å². The number of hydrazone groups is 1. The van der Waals surface area contributed by atoms with E-state index in [1.165, 1.54) is 11.3 Å². The van der Waals surface area contributed by atoms with Gasteiger partial charge in [0.2, 0.25) is 0 Å². The zero-order chi connectivity index (χ0) is 20.3. The lowest BCUT2D eigenvalue weighted by Gasteiger charge is -2.45. The molecule has 0 aromatic heterocycles. The van der Waals surface area contributed by atoms with Gasteiger partial charge in [0.1, 0.15) is 5.75 Å². The number of amides is 1. The smallest absolute Gasteiger partial charge is 0.277 e. The Bertz CT molecular complexity index is 878. The minimum Gasteiger partial charge on any atom is -0.484 e. The molecule has 0 saturated heterocycles. The number of fused-ring (bicyclic) bond motifs is 1. The molecule has 5 nitrogen and oxygen atoms in total. The minimum absolute atomic E-state index is 0.0833. The molecule has 1 aliphatic rings. The lowest BCUT2D eigenvalue weighted by molar-refractivity contribution is -0.123. The number of anilines is 1. The lowest BCUT2D eigenvalue weighted by atomic mass is 9.80. The third-order valence-electron chi connectivity index (χ3n) is 5.24. The maximum atomic E-state index is 11.9. The first-order chi connectivity index (χ1) is 13.3. The molecule has 1 heterocycles. The van der Waals surface area contributed by atoms with Crippen LogP contribution in [0.3, 0.4) is 0 Å². The fourth-order valence-corrected chi connectivity index (χ4v) is 3.83. The molecular weight excluding hydrogens is 418 g/mol. The van der Waals surface area contributed by atoms with Gasteiger partial charge in [0.25, 0.3) is 5.91 Å². The molecule has 1 aliphatic heterocycles. The minimum atomic E-state index is -0.299. The van der Waals surface area contributed by atoms with Gasteiger partial charge >= 0.3 is 0 Å². The van der Waals surface area contributed by atoms with Gasteiger partial charge in [-0.2, -0.15) is 5.10 Å². The first-order valence-electron chi connectivity index (χ1n) is 9.34. The maximum Gasteiger partial charge on any atom is 0.277 e. The van der Waals surface area contributed by atoms with Crippen molar-refractivity contribution in [2.45, 2.75) is 38.6 Å².